The number of ether oxygens (including phenoxy) is 1. The Morgan fingerprint density at radius 1 is 1.47 bits per heavy atom. The van der Waals surface area contributed by atoms with Crippen LogP contribution in [0.1, 0.15) is 11.3 Å². The fourth-order valence-corrected chi connectivity index (χ4v) is 2.48. The van der Waals surface area contributed by atoms with E-state index in [0.29, 0.717) is 0 Å². The first-order valence-corrected chi connectivity index (χ1v) is 5.61. The molecule has 0 fully saturated rings. The van der Waals surface area contributed by atoms with Crippen LogP contribution in [-0.2, 0) is 6.42 Å². The maximum absolute atomic E-state index is 5.20. The van der Waals surface area contributed by atoms with Crippen LogP contribution in [0.25, 0.3) is 0 Å². The third-order valence-corrected chi connectivity index (χ3v) is 3.34. The molecule has 0 aliphatic carbocycles. The van der Waals surface area contributed by atoms with E-state index >= 15 is 0 Å². The van der Waals surface area contributed by atoms with Crippen LogP contribution in [0.3, 0.4) is 0 Å². The number of fused-ring (bicyclic) bond motifs is 2. The molecule has 3 nitrogen and oxygen atoms in total. The van der Waals surface area contributed by atoms with Gasteiger partial charge in [-0.3, -0.25) is 0 Å². The van der Waals surface area contributed by atoms with Crippen LogP contribution in [0, 0.1) is 0 Å². The summed E-state index contributed by atoms with van der Waals surface area (Å²) in [5.41, 5.74) is 5.40. The maximum atomic E-state index is 5.20. The zero-order chi connectivity index (χ0) is 10.3. The first-order chi connectivity index (χ1) is 7.36. The second-order valence-electron chi connectivity index (χ2n) is 3.45. The molecule has 0 unspecified atom stereocenters. The van der Waals surface area contributed by atoms with Crippen LogP contribution >= 0.6 is 11.3 Å². The third-order valence-electron chi connectivity index (χ3n) is 2.56. The Balaban J connectivity index is 2.06. The smallest absolute Gasteiger partial charge is 0.119 e. The van der Waals surface area contributed by atoms with Gasteiger partial charge in [0.05, 0.1) is 18.3 Å². The SMILES string of the molecule is COc1ccc2c(c1)Cc1ncsc1N2. The van der Waals surface area contributed by atoms with Crippen LogP contribution in [0.4, 0.5) is 10.7 Å². The summed E-state index contributed by atoms with van der Waals surface area (Å²) in [6.07, 6.45) is 0.887. The molecule has 0 saturated carbocycles. The van der Waals surface area contributed by atoms with Crippen LogP contribution in [0.5, 0.6) is 5.75 Å². The number of methoxy groups -OCH3 is 1. The minimum Gasteiger partial charge on any atom is -0.497 e. The van der Waals surface area contributed by atoms with Gasteiger partial charge in [0.25, 0.3) is 0 Å². The van der Waals surface area contributed by atoms with Gasteiger partial charge in [0.1, 0.15) is 10.8 Å². The highest BCUT2D eigenvalue weighted by atomic mass is 32.1. The average Bonchev–Trinajstić information content (AvgIpc) is 2.72. The molecule has 1 N–H and O–H groups in total. The fourth-order valence-electron chi connectivity index (χ4n) is 1.76. The van der Waals surface area contributed by atoms with Crippen molar-refractivity contribution in [1.29, 1.82) is 0 Å². The standard InChI is InChI=1S/C11H10N2OS/c1-14-8-2-3-9-7(4-8)5-10-11(13-9)15-6-12-10/h2-4,6,13H,5H2,1H3. The molecule has 0 amide bonds. The van der Waals surface area contributed by atoms with Crippen molar-refractivity contribution in [1.82, 2.24) is 4.98 Å². The van der Waals surface area contributed by atoms with Gasteiger partial charge in [-0.05, 0) is 23.8 Å². The predicted octanol–water partition coefficient (Wildman–Crippen LogP) is 2.80. The number of benzene rings is 1. The summed E-state index contributed by atoms with van der Waals surface area (Å²) in [5, 5.41) is 4.53. The molecule has 1 aliphatic rings. The lowest BCUT2D eigenvalue weighted by Gasteiger charge is -2.17. The Labute approximate surface area is 91.7 Å². The molecule has 2 aromatic rings. The number of nitrogens with one attached hydrogen (secondary N) is 1. The van der Waals surface area contributed by atoms with Gasteiger partial charge in [-0.2, -0.15) is 0 Å². The highest BCUT2D eigenvalue weighted by Crippen LogP contribution is 2.36. The molecule has 1 aromatic carbocycles. The van der Waals surface area contributed by atoms with Crippen molar-refractivity contribution in [3.8, 4) is 5.75 Å². The molecule has 76 valence electrons. The lowest BCUT2D eigenvalue weighted by Crippen LogP contribution is -2.05. The van der Waals surface area contributed by atoms with Crippen molar-refractivity contribution >= 4 is 22.0 Å². The predicted molar refractivity (Wildman–Crippen MR) is 61.2 cm³/mol. The summed E-state index contributed by atoms with van der Waals surface area (Å²) in [6, 6.07) is 6.08. The van der Waals surface area contributed by atoms with Gasteiger partial charge in [-0.15, -0.1) is 11.3 Å². The second-order valence-corrected chi connectivity index (χ2v) is 4.31. The Kier molecular flexibility index (Phi) is 1.89. The largest absolute Gasteiger partial charge is 0.497 e. The summed E-state index contributed by atoms with van der Waals surface area (Å²) in [6.45, 7) is 0. The third kappa shape index (κ3) is 1.37. The van der Waals surface area contributed by atoms with E-state index < -0.39 is 0 Å². The van der Waals surface area contributed by atoms with Crippen LogP contribution in [-0.4, -0.2) is 12.1 Å². The van der Waals surface area contributed by atoms with Gasteiger partial charge in [0.2, 0.25) is 0 Å². The van der Waals surface area contributed by atoms with E-state index in [4.69, 9.17) is 4.74 Å². The van der Waals surface area contributed by atoms with Crippen LogP contribution in [0.2, 0.25) is 0 Å². The molecule has 0 spiro atoms. The number of hydrogen-bond acceptors (Lipinski definition) is 4. The molecule has 2 heterocycles. The molecule has 1 aromatic heterocycles. The zero-order valence-electron chi connectivity index (χ0n) is 8.28. The minimum absolute atomic E-state index is 0.887. The van der Waals surface area contributed by atoms with Crippen molar-refractivity contribution in [2.24, 2.45) is 0 Å². The monoisotopic (exact) mass is 218 g/mol. The molecule has 0 bridgehead atoms. The van der Waals surface area contributed by atoms with E-state index in [9.17, 15) is 0 Å². The Morgan fingerprint density at radius 2 is 2.40 bits per heavy atom. The van der Waals surface area contributed by atoms with Gasteiger partial charge >= 0.3 is 0 Å². The number of nitrogens with zero attached hydrogens (tertiary/aromatic N) is 1. The zero-order valence-corrected chi connectivity index (χ0v) is 9.10. The van der Waals surface area contributed by atoms with Crippen molar-refractivity contribution in [3.05, 3.63) is 35.0 Å². The molecule has 4 heteroatoms. The average molecular weight is 218 g/mol. The molecule has 0 saturated heterocycles. The highest BCUT2D eigenvalue weighted by molar-refractivity contribution is 7.14. The van der Waals surface area contributed by atoms with Crippen molar-refractivity contribution in [3.63, 3.8) is 0 Å². The lowest BCUT2D eigenvalue weighted by molar-refractivity contribution is 0.414. The van der Waals surface area contributed by atoms with Gasteiger partial charge in [0, 0.05) is 12.1 Å². The van der Waals surface area contributed by atoms with E-state index in [2.05, 4.69) is 22.4 Å². The summed E-state index contributed by atoms with van der Waals surface area (Å²) in [4.78, 5) is 4.33. The van der Waals surface area contributed by atoms with Crippen LogP contribution < -0.4 is 10.1 Å². The number of aromatic nitrogens is 1. The molecular formula is C11H10N2OS. The summed E-state index contributed by atoms with van der Waals surface area (Å²) >= 11 is 1.65. The Hall–Kier alpha value is -1.55. The first kappa shape index (κ1) is 8.73. The second kappa shape index (κ2) is 3.24. The summed E-state index contributed by atoms with van der Waals surface area (Å²) in [5.74, 6) is 0.897. The normalized spacial score (nSPS) is 12.6. The van der Waals surface area contributed by atoms with E-state index in [0.717, 1.165) is 28.6 Å². The quantitative estimate of drug-likeness (QED) is 0.682. The molecular weight excluding hydrogens is 208 g/mol. The van der Waals surface area contributed by atoms with Crippen LogP contribution in [0.15, 0.2) is 23.7 Å². The molecule has 3 rings (SSSR count). The van der Waals surface area contributed by atoms with E-state index in [1.807, 2.05) is 11.6 Å². The Bertz CT molecular complexity index is 507. The van der Waals surface area contributed by atoms with E-state index in [1.165, 1.54) is 5.56 Å². The van der Waals surface area contributed by atoms with E-state index in [1.54, 1.807) is 18.4 Å². The fraction of sp³-hybridized carbons (Fsp3) is 0.182. The molecule has 0 atom stereocenters. The lowest BCUT2D eigenvalue weighted by atomic mass is 10.0. The number of rotatable bonds is 1. The summed E-state index contributed by atoms with van der Waals surface area (Å²) < 4.78 is 5.20. The van der Waals surface area contributed by atoms with Crippen molar-refractivity contribution in [2.45, 2.75) is 6.42 Å². The van der Waals surface area contributed by atoms with Gasteiger partial charge in [0.15, 0.2) is 0 Å². The Morgan fingerprint density at radius 3 is 3.27 bits per heavy atom. The van der Waals surface area contributed by atoms with Crippen molar-refractivity contribution < 1.29 is 4.74 Å². The minimum atomic E-state index is 0.887. The van der Waals surface area contributed by atoms with Gasteiger partial charge < -0.3 is 10.1 Å². The van der Waals surface area contributed by atoms with Crippen molar-refractivity contribution in [2.75, 3.05) is 12.4 Å². The van der Waals surface area contributed by atoms with Gasteiger partial charge in [-0.1, -0.05) is 0 Å². The molecule has 15 heavy (non-hydrogen) atoms. The topological polar surface area (TPSA) is 34.1 Å². The number of anilines is 2. The first-order valence-electron chi connectivity index (χ1n) is 4.73. The molecule has 1 aliphatic heterocycles. The van der Waals surface area contributed by atoms with Gasteiger partial charge in [-0.25, -0.2) is 4.98 Å². The number of hydrogen-bond donors (Lipinski definition) is 1. The maximum Gasteiger partial charge on any atom is 0.119 e. The number of thiazole rings is 1. The highest BCUT2D eigenvalue weighted by Gasteiger charge is 2.17. The summed E-state index contributed by atoms with van der Waals surface area (Å²) in [7, 11) is 1.69. The van der Waals surface area contributed by atoms with E-state index in [-0.39, 0.29) is 0 Å². The molecule has 0 radical (unpaired) electrons.